The molecule has 202 valence electrons. The maximum absolute atomic E-state index is 8.08. The van der Waals surface area contributed by atoms with E-state index in [4.69, 9.17) is 5.41 Å². The number of fused-ring (bicyclic) bond motifs is 5. The van der Waals surface area contributed by atoms with Crippen LogP contribution in [0.15, 0.2) is 133 Å². The molecule has 0 spiro atoms. The van der Waals surface area contributed by atoms with Gasteiger partial charge in [-0.05, 0) is 89.6 Å². The minimum Gasteiger partial charge on any atom is -0.309 e. The zero-order valence-electron chi connectivity index (χ0n) is 23.5. The minimum absolute atomic E-state index is 0.936. The van der Waals surface area contributed by atoms with Gasteiger partial charge in [-0.2, -0.15) is 0 Å². The third-order valence-electron chi connectivity index (χ3n) is 8.55. The zero-order chi connectivity index (χ0) is 28.9. The highest BCUT2D eigenvalue weighted by Crippen LogP contribution is 2.38. The quantitative estimate of drug-likeness (QED) is 0.205. The fourth-order valence-corrected chi connectivity index (χ4v) is 7.68. The largest absolute Gasteiger partial charge is 0.309 e. The summed E-state index contributed by atoms with van der Waals surface area (Å²) >= 11 is 1.83. The van der Waals surface area contributed by atoms with E-state index in [0.717, 1.165) is 43.5 Å². The third-order valence-corrected chi connectivity index (χ3v) is 9.70. The summed E-state index contributed by atoms with van der Waals surface area (Å²) in [6.45, 7) is 4.64. The molecule has 0 unspecified atom stereocenters. The van der Waals surface area contributed by atoms with Gasteiger partial charge in [0.1, 0.15) is 0 Å². The van der Waals surface area contributed by atoms with Crippen LogP contribution in [0.2, 0.25) is 0 Å². The van der Waals surface area contributed by atoms with Gasteiger partial charge < -0.3 is 5.41 Å². The van der Waals surface area contributed by atoms with Crippen molar-refractivity contribution in [2.75, 3.05) is 0 Å². The molecule has 43 heavy (non-hydrogen) atoms. The summed E-state index contributed by atoms with van der Waals surface area (Å²) in [5, 5.41) is 17.4. The SMILES string of the molecule is C=c1c(-c2ccc(-c3cccc4ccccc34)cc2)c2ccccc2c(-c2ccc3sc4ccccc4c3c2)/c1=C/C=N. The topological polar surface area (TPSA) is 23.9 Å². The Morgan fingerprint density at radius 1 is 0.512 bits per heavy atom. The monoisotopic (exact) mass is 565 g/mol. The fraction of sp³-hybridized carbons (Fsp3) is 0. The summed E-state index contributed by atoms with van der Waals surface area (Å²) in [5.41, 5.74) is 6.92. The first-order valence-corrected chi connectivity index (χ1v) is 15.3. The Kier molecular flexibility index (Phi) is 6.03. The summed E-state index contributed by atoms with van der Waals surface area (Å²) < 4.78 is 2.58. The molecule has 0 atom stereocenters. The van der Waals surface area contributed by atoms with Crippen LogP contribution in [0.4, 0.5) is 0 Å². The lowest BCUT2D eigenvalue weighted by Gasteiger charge is -2.16. The zero-order valence-corrected chi connectivity index (χ0v) is 24.3. The maximum atomic E-state index is 8.08. The lowest BCUT2D eigenvalue weighted by Crippen LogP contribution is -2.28. The molecule has 0 fully saturated rings. The molecule has 0 aliphatic rings. The van der Waals surface area contributed by atoms with Gasteiger partial charge in [0.15, 0.2) is 0 Å². The third kappa shape index (κ3) is 4.11. The van der Waals surface area contributed by atoms with Crippen molar-refractivity contribution in [2.45, 2.75) is 0 Å². The Morgan fingerprint density at radius 2 is 1.12 bits per heavy atom. The number of hydrogen-bond donors (Lipinski definition) is 1. The summed E-state index contributed by atoms with van der Waals surface area (Å²) in [6, 6.07) is 47.9. The second-order valence-electron chi connectivity index (χ2n) is 10.9. The lowest BCUT2D eigenvalue weighted by atomic mass is 9.87. The number of hydrogen-bond acceptors (Lipinski definition) is 2. The van der Waals surface area contributed by atoms with E-state index in [0.29, 0.717) is 0 Å². The van der Waals surface area contributed by atoms with Gasteiger partial charge in [-0.3, -0.25) is 0 Å². The molecule has 0 amide bonds. The van der Waals surface area contributed by atoms with Gasteiger partial charge in [-0.15, -0.1) is 11.3 Å². The second-order valence-corrected chi connectivity index (χ2v) is 12.0. The van der Waals surface area contributed by atoms with Crippen LogP contribution >= 0.6 is 11.3 Å². The lowest BCUT2D eigenvalue weighted by molar-refractivity contribution is 1.53. The molecule has 1 nitrogen and oxygen atoms in total. The highest BCUT2D eigenvalue weighted by molar-refractivity contribution is 7.25. The van der Waals surface area contributed by atoms with Crippen LogP contribution in [0.25, 0.3) is 87.8 Å². The predicted molar refractivity (Wildman–Crippen MR) is 189 cm³/mol. The van der Waals surface area contributed by atoms with Crippen LogP contribution < -0.4 is 10.4 Å². The Balaban J connectivity index is 1.35. The Morgan fingerprint density at radius 3 is 1.91 bits per heavy atom. The number of rotatable bonds is 4. The number of nitrogens with one attached hydrogen (secondary N) is 1. The first-order valence-electron chi connectivity index (χ1n) is 14.5. The molecule has 1 N–H and O–H groups in total. The number of thiophene rings is 1. The van der Waals surface area contributed by atoms with E-state index in [1.165, 1.54) is 48.3 Å². The molecule has 0 radical (unpaired) electrons. The van der Waals surface area contributed by atoms with Gasteiger partial charge in [0, 0.05) is 26.4 Å². The highest BCUT2D eigenvalue weighted by Gasteiger charge is 2.15. The van der Waals surface area contributed by atoms with Crippen molar-refractivity contribution in [3.8, 4) is 33.4 Å². The molecule has 1 heterocycles. The normalized spacial score (nSPS) is 12.0. The summed E-state index contributed by atoms with van der Waals surface area (Å²) in [5.74, 6) is 0. The number of benzene rings is 7. The Bertz CT molecular complexity index is 2480. The summed E-state index contributed by atoms with van der Waals surface area (Å²) in [6.07, 6.45) is 3.28. The smallest absolute Gasteiger partial charge is 0.0355 e. The molecule has 8 aromatic rings. The average Bonchev–Trinajstić information content (AvgIpc) is 3.43. The van der Waals surface area contributed by atoms with Gasteiger partial charge in [0.25, 0.3) is 0 Å². The van der Waals surface area contributed by atoms with Crippen molar-refractivity contribution in [1.29, 1.82) is 5.41 Å². The minimum atomic E-state index is 0.936. The maximum Gasteiger partial charge on any atom is 0.0355 e. The second kappa shape index (κ2) is 10.2. The molecule has 2 heteroatoms. The van der Waals surface area contributed by atoms with Crippen LogP contribution in [0.3, 0.4) is 0 Å². The Labute approximate surface area is 253 Å². The first-order chi connectivity index (χ1) is 21.2. The van der Waals surface area contributed by atoms with Gasteiger partial charge in [0.2, 0.25) is 0 Å². The summed E-state index contributed by atoms with van der Waals surface area (Å²) in [7, 11) is 0. The van der Waals surface area contributed by atoms with Crippen molar-refractivity contribution in [2.24, 2.45) is 0 Å². The van der Waals surface area contributed by atoms with E-state index >= 15 is 0 Å². The summed E-state index contributed by atoms with van der Waals surface area (Å²) in [4.78, 5) is 0. The van der Waals surface area contributed by atoms with Crippen LogP contribution in [0.1, 0.15) is 0 Å². The molecule has 0 saturated carbocycles. The van der Waals surface area contributed by atoms with E-state index in [-0.39, 0.29) is 0 Å². The van der Waals surface area contributed by atoms with Crippen molar-refractivity contribution in [1.82, 2.24) is 0 Å². The predicted octanol–water partition coefficient (Wildman–Crippen LogP) is 10.2. The van der Waals surface area contributed by atoms with Crippen molar-refractivity contribution in [3.63, 3.8) is 0 Å². The van der Waals surface area contributed by atoms with Gasteiger partial charge in [-0.25, -0.2) is 0 Å². The molecule has 0 aliphatic heterocycles. The van der Waals surface area contributed by atoms with E-state index in [1.807, 2.05) is 17.4 Å². The first kappa shape index (κ1) is 25.4. The van der Waals surface area contributed by atoms with Gasteiger partial charge in [-0.1, -0.05) is 122 Å². The molecule has 7 aromatic carbocycles. The molecule has 0 saturated heterocycles. The van der Waals surface area contributed by atoms with Crippen molar-refractivity contribution in [3.05, 3.63) is 144 Å². The van der Waals surface area contributed by atoms with Crippen LogP contribution in [-0.4, -0.2) is 6.21 Å². The molecule has 0 aliphatic carbocycles. The van der Waals surface area contributed by atoms with Crippen molar-refractivity contribution < 1.29 is 0 Å². The molecular formula is C41H27NS. The van der Waals surface area contributed by atoms with Crippen molar-refractivity contribution >= 4 is 71.9 Å². The van der Waals surface area contributed by atoms with Crippen LogP contribution in [0, 0.1) is 5.41 Å². The highest BCUT2D eigenvalue weighted by atomic mass is 32.1. The van der Waals surface area contributed by atoms with Crippen LogP contribution in [-0.2, 0) is 0 Å². The van der Waals surface area contributed by atoms with E-state index in [9.17, 15) is 0 Å². The molecule has 0 bridgehead atoms. The fourth-order valence-electron chi connectivity index (χ4n) is 6.60. The van der Waals surface area contributed by atoms with E-state index in [2.05, 4.69) is 140 Å². The Hall–Kier alpha value is -5.31. The molecular weight excluding hydrogens is 539 g/mol. The average molecular weight is 566 g/mol. The van der Waals surface area contributed by atoms with E-state index < -0.39 is 0 Å². The molecule has 1 aromatic heterocycles. The van der Waals surface area contributed by atoms with E-state index in [1.54, 1.807) is 0 Å². The van der Waals surface area contributed by atoms with Crippen LogP contribution in [0.5, 0.6) is 0 Å². The van der Waals surface area contributed by atoms with Gasteiger partial charge in [0.05, 0.1) is 0 Å². The molecule has 8 rings (SSSR count). The standard InChI is InChI=1S/C41H27NS/c1-26-31(23-24-42)41(30-21-22-39-37(25-30)34-12-6-7-16-38(34)43-39)36-14-5-4-13-35(36)40(26)29-19-17-28(18-20-29)33-15-8-10-27-9-2-3-11-32(27)33/h2-25,42H,1H2/b31-23+,42-24?. The van der Waals surface area contributed by atoms with Gasteiger partial charge >= 0.3 is 0 Å².